The van der Waals surface area contributed by atoms with Gasteiger partial charge in [-0.1, -0.05) is 23.7 Å². The van der Waals surface area contributed by atoms with E-state index in [1.165, 1.54) is 0 Å². The molecule has 0 bridgehead atoms. The number of para-hydroxylation sites is 1. The first-order chi connectivity index (χ1) is 10.1. The van der Waals surface area contributed by atoms with Crippen LogP contribution in [0.5, 0.6) is 0 Å². The average molecular weight is 299 g/mol. The largest absolute Gasteiger partial charge is 0.382 e. The number of H-pyrrole nitrogens is 1. The highest BCUT2D eigenvalue weighted by atomic mass is 35.5. The van der Waals surface area contributed by atoms with Gasteiger partial charge >= 0.3 is 0 Å². The van der Waals surface area contributed by atoms with E-state index in [1.54, 1.807) is 10.9 Å². The van der Waals surface area contributed by atoms with Gasteiger partial charge in [0, 0.05) is 18.0 Å². The molecule has 4 aromatic rings. The van der Waals surface area contributed by atoms with E-state index in [0.717, 1.165) is 33.2 Å². The molecule has 0 saturated heterocycles. The second kappa shape index (κ2) is 4.20. The molecule has 4 rings (SSSR count). The number of nitrogen functional groups attached to an aromatic ring is 1. The normalized spacial score (nSPS) is 11.5. The highest BCUT2D eigenvalue weighted by molar-refractivity contribution is 6.35. The van der Waals surface area contributed by atoms with Crippen LogP contribution in [0.2, 0.25) is 5.02 Å². The average Bonchev–Trinajstić information content (AvgIpc) is 3.04. The van der Waals surface area contributed by atoms with Gasteiger partial charge in [-0.25, -0.2) is 4.98 Å². The maximum Gasteiger partial charge on any atom is 0.159 e. The molecule has 6 nitrogen and oxygen atoms in total. The van der Waals surface area contributed by atoms with Crippen molar-refractivity contribution in [3.8, 4) is 11.3 Å². The molecule has 3 N–H and O–H groups in total. The fourth-order valence-electron chi connectivity index (χ4n) is 2.49. The van der Waals surface area contributed by atoms with Gasteiger partial charge in [0.05, 0.1) is 27.8 Å². The third-order valence-corrected chi connectivity index (χ3v) is 3.87. The third-order valence-electron chi connectivity index (χ3n) is 3.56. The molecular formula is C14H11ClN6. The van der Waals surface area contributed by atoms with Gasteiger partial charge in [0.2, 0.25) is 0 Å². The summed E-state index contributed by atoms with van der Waals surface area (Å²) in [4.78, 5) is 4.65. The van der Waals surface area contributed by atoms with Gasteiger partial charge in [0.1, 0.15) is 0 Å². The molecular weight excluding hydrogens is 288 g/mol. The summed E-state index contributed by atoms with van der Waals surface area (Å²) in [7, 11) is 1.84. The number of hydrogen-bond donors (Lipinski definition) is 2. The van der Waals surface area contributed by atoms with E-state index in [0.29, 0.717) is 10.8 Å². The highest BCUT2D eigenvalue weighted by Crippen LogP contribution is 2.32. The van der Waals surface area contributed by atoms with Crippen molar-refractivity contribution in [3.63, 3.8) is 0 Å². The predicted molar refractivity (Wildman–Crippen MR) is 83.0 cm³/mol. The summed E-state index contributed by atoms with van der Waals surface area (Å²) in [6, 6.07) is 7.63. The fourth-order valence-corrected chi connectivity index (χ4v) is 2.73. The van der Waals surface area contributed by atoms with Crippen LogP contribution in [0.15, 0.2) is 30.5 Å². The van der Waals surface area contributed by atoms with Crippen molar-refractivity contribution in [2.75, 3.05) is 5.73 Å². The molecule has 0 unspecified atom stereocenters. The van der Waals surface area contributed by atoms with Crippen molar-refractivity contribution in [2.24, 2.45) is 7.05 Å². The zero-order valence-corrected chi connectivity index (χ0v) is 11.9. The minimum atomic E-state index is 0.472. The van der Waals surface area contributed by atoms with E-state index in [4.69, 9.17) is 17.3 Å². The Morgan fingerprint density at radius 1 is 1.29 bits per heavy atom. The zero-order chi connectivity index (χ0) is 14.6. The van der Waals surface area contributed by atoms with E-state index in [-0.39, 0.29) is 0 Å². The molecule has 7 heteroatoms. The van der Waals surface area contributed by atoms with Crippen molar-refractivity contribution in [1.82, 2.24) is 25.0 Å². The Balaban J connectivity index is 2.06. The van der Waals surface area contributed by atoms with Gasteiger partial charge in [-0.15, -0.1) is 0 Å². The number of aryl methyl sites for hydroxylation is 1. The lowest BCUT2D eigenvalue weighted by Gasteiger charge is -2.05. The zero-order valence-electron chi connectivity index (χ0n) is 11.1. The number of anilines is 1. The number of halogens is 1. The Morgan fingerprint density at radius 2 is 2.14 bits per heavy atom. The van der Waals surface area contributed by atoms with Crippen LogP contribution in [0.1, 0.15) is 0 Å². The highest BCUT2D eigenvalue weighted by Gasteiger charge is 2.13. The summed E-state index contributed by atoms with van der Waals surface area (Å²) >= 11 is 6.34. The monoisotopic (exact) mass is 298 g/mol. The second-order valence-corrected chi connectivity index (χ2v) is 5.24. The molecule has 0 spiro atoms. The van der Waals surface area contributed by atoms with Crippen LogP contribution in [0.25, 0.3) is 33.2 Å². The Labute approximate surface area is 124 Å². The van der Waals surface area contributed by atoms with Crippen molar-refractivity contribution >= 4 is 39.4 Å². The first kappa shape index (κ1) is 12.2. The topological polar surface area (TPSA) is 85.4 Å². The SMILES string of the molecule is Cn1ncc2c(Cl)cc(-c3cccc4c(N)n[nH]c34)nc21. The number of hydrogen-bond acceptors (Lipinski definition) is 4. The summed E-state index contributed by atoms with van der Waals surface area (Å²) in [5.74, 6) is 0.472. The van der Waals surface area contributed by atoms with E-state index in [2.05, 4.69) is 20.3 Å². The van der Waals surface area contributed by atoms with Gasteiger partial charge < -0.3 is 5.73 Å². The number of nitrogens with zero attached hydrogens (tertiary/aromatic N) is 4. The van der Waals surface area contributed by atoms with Gasteiger partial charge in [-0.05, 0) is 12.1 Å². The van der Waals surface area contributed by atoms with E-state index < -0.39 is 0 Å². The van der Waals surface area contributed by atoms with Crippen molar-refractivity contribution in [1.29, 1.82) is 0 Å². The van der Waals surface area contributed by atoms with E-state index in [1.807, 2.05) is 31.3 Å². The third kappa shape index (κ3) is 1.69. The second-order valence-electron chi connectivity index (χ2n) is 4.83. The quantitative estimate of drug-likeness (QED) is 0.566. The predicted octanol–water partition coefficient (Wildman–Crippen LogP) is 2.75. The number of nitrogens with two attached hydrogens (primary N) is 1. The van der Waals surface area contributed by atoms with Crippen molar-refractivity contribution in [3.05, 3.63) is 35.5 Å². The number of aromatic nitrogens is 5. The van der Waals surface area contributed by atoms with Gasteiger partial charge in [-0.3, -0.25) is 9.78 Å². The number of aromatic amines is 1. The molecule has 0 amide bonds. The Hall–Kier alpha value is -2.60. The molecule has 0 aliphatic carbocycles. The molecule has 0 saturated carbocycles. The Morgan fingerprint density at radius 3 is 3.00 bits per heavy atom. The van der Waals surface area contributed by atoms with Crippen molar-refractivity contribution < 1.29 is 0 Å². The van der Waals surface area contributed by atoms with E-state index in [9.17, 15) is 0 Å². The number of nitrogens with one attached hydrogen (secondary N) is 1. The first-order valence-electron chi connectivity index (χ1n) is 6.36. The molecule has 3 aromatic heterocycles. The fraction of sp³-hybridized carbons (Fsp3) is 0.0714. The molecule has 104 valence electrons. The molecule has 1 aromatic carbocycles. The summed E-state index contributed by atoms with van der Waals surface area (Å²) < 4.78 is 1.70. The summed E-state index contributed by atoms with van der Waals surface area (Å²) in [6.07, 6.45) is 1.71. The minimum absolute atomic E-state index is 0.472. The molecule has 0 aliphatic heterocycles. The number of benzene rings is 1. The molecule has 0 fully saturated rings. The van der Waals surface area contributed by atoms with Gasteiger partial charge in [0.25, 0.3) is 0 Å². The number of rotatable bonds is 1. The summed E-state index contributed by atoms with van der Waals surface area (Å²) in [6.45, 7) is 0. The van der Waals surface area contributed by atoms with Crippen LogP contribution in [0.3, 0.4) is 0 Å². The molecule has 3 heterocycles. The van der Waals surface area contributed by atoms with Crippen LogP contribution in [-0.2, 0) is 7.05 Å². The lowest BCUT2D eigenvalue weighted by Crippen LogP contribution is -1.94. The minimum Gasteiger partial charge on any atom is -0.382 e. The van der Waals surface area contributed by atoms with Crippen LogP contribution in [0, 0.1) is 0 Å². The maximum atomic E-state index is 6.34. The van der Waals surface area contributed by atoms with E-state index >= 15 is 0 Å². The summed E-state index contributed by atoms with van der Waals surface area (Å²) in [5.41, 5.74) is 9.09. The molecule has 21 heavy (non-hydrogen) atoms. The number of fused-ring (bicyclic) bond motifs is 2. The van der Waals surface area contributed by atoms with Crippen LogP contribution >= 0.6 is 11.6 Å². The molecule has 0 aliphatic rings. The lowest BCUT2D eigenvalue weighted by atomic mass is 10.1. The van der Waals surface area contributed by atoms with Gasteiger partial charge in [-0.2, -0.15) is 10.2 Å². The van der Waals surface area contributed by atoms with Crippen LogP contribution in [-0.4, -0.2) is 25.0 Å². The standard InChI is InChI=1S/C14H11ClN6/c1-21-14-9(6-17-21)10(15)5-11(18-14)7-3-2-4-8-12(7)19-20-13(8)16/h2-6H,1H3,(H3,16,19,20). The molecule has 0 atom stereocenters. The maximum absolute atomic E-state index is 6.34. The first-order valence-corrected chi connectivity index (χ1v) is 6.74. The smallest absolute Gasteiger partial charge is 0.159 e. The molecule has 0 radical (unpaired) electrons. The Bertz CT molecular complexity index is 984. The number of pyridine rings is 1. The van der Waals surface area contributed by atoms with Crippen LogP contribution in [0.4, 0.5) is 5.82 Å². The summed E-state index contributed by atoms with van der Waals surface area (Å²) in [5, 5.41) is 13.5. The Kier molecular flexibility index (Phi) is 2.43. The lowest BCUT2D eigenvalue weighted by molar-refractivity contribution is 0.787. The van der Waals surface area contributed by atoms with Gasteiger partial charge in [0.15, 0.2) is 11.5 Å². The van der Waals surface area contributed by atoms with Crippen molar-refractivity contribution in [2.45, 2.75) is 0 Å². The van der Waals surface area contributed by atoms with Crippen LogP contribution < -0.4 is 5.73 Å².